The smallest absolute Gasteiger partial charge is 0.229 e. The van der Waals surface area contributed by atoms with E-state index in [2.05, 4.69) is 0 Å². The van der Waals surface area contributed by atoms with Gasteiger partial charge in [-0.05, 0) is 61.6 Å². The summed E-state index contributed by atoms with van der Waals surface area (Å²) in [4.78, 5) is 30.9. The summed E-state index contributed by atoms with van der Waals surface area (Å²) < 4.78 is 26.5. The van der Waals surface area contributed by atoms with Gasteiger partial charge in [-0.15, -0.1) is 0 Å². The number of carbonyl (C=O) groups excluding carboxylic acids is 2. The minimum Gasteiger partial charge on any atom is -0.349 e. The van der Waals surface area contributed by atoms with Crippen molar-refractivity contribution in [2.24, 2.45) is 11.3 Å². The van der Waals surface area contributed by atoms with Crippen LogP contribution in [0.2, 0.25) is 10.0 Å². The van der Waals surface area contributed by atoms with Crippen molar-refractivity contribution in [2.75, 3.05) is 19.8 Å². The zero-order valence-corrected chi connectivity index (χ0v) is 26.1. The quantitative estimate of drug-likeness (QED) is 0.337. The molecule has 2 amide bonds. The van der Waals surface area contributed by atoms with Crippen LogP contribution >= 0.6 is 23.2 Å². The molecule has 0 spiro atoms. The fourth-order valence-electron chi connectivity index (χ4n) is 5.43. The Morgan fingerprint density at radius 1 is 1.03 bits per heavy atom. The molecule has 0 N–H and O–H groups in total. The summed E-state index contributed by atoms with van der Waals surface area (Å²) in [5.74, 6) is -0.946. The van der Waals surface area contributed by atoms with Gasteiger partial charge in [-0.2, -0.15) is 0 Å². The van der Waals surface area contributed by atoms with E-state index in [1.165, 1.54) is 4.90 Å². The van der Waals surface area contributed by atoms with Crippen LogP contribution < -0.4 is 0 Å². The number of sulfone groups is 1. The number of benzene rings is 2. The van der Waals surface area contributed by atoms with E-state index in [0.717, 1.165) is 11.1 Å². The average molecular weight is 596 g/mol. The van der Waals surface area contributed by atoms with Crippen molar-refractivity contribution in [3.05, 3.63) is 69.7 Å². The van der Waals surface area contributed by atoms with Crippen LogP contribution in [0.1, 0.15) is 70.5 Å². The van der Waals surface area contributed by atoms with Crippen molar-refractivity contribution in [1.29, 1.82) is 0 Å². The Hall–Kier alpha value is -2.09. The van der Waals surface area contributed by atoms with Crippen molar-refractivity contribution in [1.82, 2.24) is 9.80 Å². The van der Waals surface area contributed by atoms with Gasteiger partial charge < -0.3 is 9.80 Å². The van der Waals surface area contributed by atoms with Crippen molar-refractivity contribution in [3.63, 3.8) is 0 Å². The molecule has 2 aromatic rings. The van der Waals surface area contributed by atoms with E-state index in [0.29, 0.717) is 16.5 Å². The third-order valence-corrected chi connectivity index (χ3v) is 10.6. The lowest BCUT2D eigenvalue weighted by atomic mass is 9.66. The van der Waals surface area contributed by atoms with Crippen LogP contribution in [0.4, 0.5) is 0 Å². The first-order valence-corrected chi connectivity index (χ1v) is 15.8. The molecule has 6 nitrogen and oxygen atoms in total. The van der Waals surface area contributed by atoms with E-state index >= 15 is 0 Å². The average Bonchev–Trinajstić information content (AvgIpc) is 2.84. The van der Waals surface area contributed by atoms with Gasteiger partial charge in [-0.1, -0.05) is 68.2 Å². The van der Waals surface area contributed by atoms with Crippen LogP contribution in [-0.2, 0) is 19.4 Å². The molecule has 9 heteroatoms. The number of likely N-dealkylation sites (tertiary alicyclic amines) is 1. The van der Waals surface area contributed by atoms with E-state index in [1.54, 1.807) is 51.0 Å². The number of piperidine rings is 1. The second kappa shape index (κ2) is 12.2. The van der Waals surface area contributed by atoms with E-state index in [9.17, 15) is 18.0 Å². The van der Waals surface area contributed by atoms with E-state index in [1.807, 2.05) is 51.1 Å². The molecular formula is C30H40Cl2N2O4S. The maximum atomic E-state index is 14.6. The first-order valence-electron chi connectivity index (χ1n) is 13.3. The molecule has 0 bridgehead atoms. The number of hydrogen-bond donors (Lipinski definition) is 0. The maximum absolute atomic E-state index is 14.6. The van der Waals surface area contributed by atoms with Crippen LogP contribution in [0.5, 0.6) is 0 Å². The Morgan fingerprint density at radius 2 is 1.64 bits per heavy atom. The first-order chi connectivity index (χ1) is 18.1. The molecule has 1 heterocycles. The van der Waals surface area contributed by atoms with Crippen LogP contribution in [-0.4, -0.2) is 61.2 Å². The molecule has 214 valence electrons. The van der Waals surface area contributed by atoms with Gasteiger partial charge in [0.05, 0.1) is 22.5 Å². The number of amides is 2. The second-order valence-corrected chi connectivity index (χ2v) is 15.3. The van der Waals surface area contributed by atoms with Gasteiger partial charge >= 0.3 is 0 Å². The molecule has 0 unspecified atom stereocenters. The van der Waals surface area contributed by atoms with Gasteiger partial charge in [0, 0.05) is 42.5 Å². The summed E-state index contributed by atoms with van der Waals surface area (Å²) in [6.07, 6.45) is 0.415. The van der Waals surface area contributed by atoms with Gasteiger partial charge in [0.15, 0.2) is 9.84 Å². The number of carbonyl (C=O) groups is 2. The highest BCUT2D eigenvalue weighted by atomic mass is 35.5. The summed E-state index contributed by atoms with van der Waals surface area (Å²) in [6, 6.07) is 13.8. The zero-order valence-electron chi connectivity index (χ0n) is 23.8. The third kappa shape index (κ3) is 6.98. The number of nitrogens with zero attached hydrogens (tertiary/aromatic N) is 2. The molecule has 1 fully saturated rings. The maximum Gasteiger partial charge on any atom is 0.229 e. The molecule has 3 rings (SSSR count). The number of rotatable bonds is 9. The first kappa shape index (κ1) is 31.4. The monoisotopic (exact) mass is 594 g/mol. The Kier molecular flexibility index (Phi) is 9.83. The van der Waals surface area contributed by atoms with Gasteiger partial charge in [-0.25, -0.2) is 8.42 Å². The number of halogens is 2. The predicted octanol–water partition coefficient (Wildman–Crippen LogP) is 6.38. The highest BCUT2D eigenvalue weighted by Crippen LogP contribution is 2.52. The standard InChI is InChI=1S/C30H40Cl2N2O4S/c1-19(2)26(18-39(37,38)20(3)4)34-28(21-11-13-23(31)14-12-21)25(22-9-8-10-24(32)15-22)16-30(5,29(34)36)17-27(35)33(6)7/h8-15,19-20,25-26,28H,16-18H2,1-7H3/t25-,26-,28-,30-/m1/s1. The minimum atomic E-state index is -3.50. The van der Waals surface area contributed by atoms with Gasteiger partial charge in [0.25, 0.3) is 0 Å². The normalized spacial score (nSPS) is 22.8. The lowest BCUT2D eigenvalue weighted by Gasteiger charge is -2.53. The largest absolute Gasteiger partial charge is 0.349 e. The van der Waals surface area contributed by atoms with Crippen LogP contribution in [0, 0.1) is 11.3 Å². The molecule has 4 atom stereocenters. The highest BCUT2D eigenvalue weighted by Gasteiger charge is 2.53. The summed E-state index contributed by atoms with van der Waals surface area (Å²) in [5.41, 5.74) is 0.732. The Labute approximate surface area is 243 Å². The minimum absolute atomic E-state index is 0.0154. The molecule has 39 heavy (non-hydrogen) atoms. The van der Waals surface area contributed by atoms with E-state index in [-0.39, 0.29) is 35.8 Å². The fraction of sp³-hybridized carbons (Fsp3) is 0.533. The number of hydrogen-bond acceptors (Lipinski definition) is 4. The lowest BCUT2D eigenvalue weighted by molar-refractivity contribution is -0.159. The molecule has 0 aromatic heterocycles. The molecule has 0 aliphatic carbocycles. The van der Waals surface area contributed by atoms with Crippen molar-refractivity contribution < 1.29 is 18.0 Å². The second-order valence-electron chi connectivity index (χ2n) is 11.8. The van der Waals surface area contributed by atoms with Gasteiger partial charge in [-0.3, -0.25) is 9.59 Å². The fourth-order valence-corrected chi connectivity index (χ4v) is 7.16. The predicted molar refractivity (Wildman–Crippen MR) is 159 cm³/mol. The van der Waals surface area contributed by atoms with Crippen molar-refractivity contribution in [3.8, 4) is 0 Å². The SMILES string of the molecule is CC(C)[C@@H](CS(=O)(=O)C(C)C)N1C(=O)[C@@](C)(CC(=O)N(C)C)C[C@H](c2cccc(Cl)c2)[C@H]1c1ccc(Cl)cc1. The molecular weight excluding hydrogens is 555 g/mol. The summed E-state index contributed by atoms with van der Waals surface area (Å²) >= 11 is 12.7. The molecule has 1 aliphatic rings. The zero-order chi connectivity index (χ0) is 29.3. The Morgan fingerprint density at radius 3 is 2.15 bits per heavy atom. The van der Waals surface area contributed by atoms with Crippen LogP contribution in [0.3, 0.4) is 0 Å². The van der Waals surface area contributed by atoms with Crippen LogP contribution in [0.15, 0.2) is 48.5 Å². The Bertz CT molecular complexity index is 1290. The van der Waals surface area contributed by atoms with Crippen molar-refractivity contribution >= 4 is 44.9 Å². The van der Waals surface area contributed by atoms with Crippen LogP contribution in [0.25, 0.3) is 0 Å². The summed E-state index contributed by atoms with van der Waals surface area (Å²) in [7, 11) is -0.152. The van der Waals surface area contributed by atoms with Gasteiger partial charge in [0.2, 0.25) is 11.8 Å². The molecule has 0 saturated carbocycles. The Balaban J connectivity index is 2.31. The van der Waals surface area contributed by atoms with Gasteiger partial charge in [0.1, 0.15) is 0 Å². The summed E-state index contributed by atoms with van der Waals surface area (Å²) in [5, 5.41) is 0.550. The third-order valence-electron chi connectivity index (χ3n) is 7.88. The lowest BCUT2D eigenvalue weighted by Crippen LogP contribution is -2.59. The molecule has 1 aliphatic heterocycles. The summed E-state index contributed by atoms with van der Waals surface area (Å²) in [6.45, 7) is 9.04. The highest BCUT2D eigenvalue weighted by molar-refractivity contribution is 7.92. The van der Waals surface area contributed by atoms with Crippen molar-refractivity contribution in [2.45, 2.75) is 70.7 Å². The molecule has 2 aromatic carbocycles. The topological polar surface area (TPSA) is 74.8 Å². The molecule has 1 saturated heterocycles. The van der Waals surface area contributed by atoms with E-state index in [4.69, 9.17) is 23.2 Å². The van der Waals surface area contributed by atoms with E-state index < -0.39 is 32.6 Å². The molecule has 0 radical (unpaired) electrons.